The molecule has 132 valence electrons. The van der Waals surface area contributed by atoms with E-state index in [1.807, 2.05) is 0 Å². The predicted octanol–water partition coefficient (Wildman–Crippen LogP) is -0.678. The van der Waals surface area contributed by atoms with E-state index in [-0.39, 0.29) is 6.42 Å². The van der Waals surface area contributed by atoms with Crippen molar-refractivity contribution in [1.82, 2.24) is 4.72 Å². The third kappa shape index (κ3) is 4.30. The maximum atomic E-state index is 12.5. The topological polar surface area (TPSA) is 116 Å². The van der Waals surface area contributed by atoms with Gasteiger partial charge in [0.1, 0.15) is 0 Å². The van der Waals surface area contributed by atoms with E-state index in [0.29, 0.717) is 0 Å². The molecule has 4 N–H and O–H groups in total. The average Bonchev–Trinajstić information content (AvgIpc) is 2.36. The molecule has 7 nitrogen and oxygen atoms in total. The molecule has 1 aliphatic carbocycles. The van der Waals surface area contributed by atoms with Crippen LogP contribution in [0.4, 0.5) is 13.2 Å². The van der Waals surface area contributed by atoms with Gasteiger partial charge in [0.15, 0.2) is 0 Å². The van der Waals surface area contributed by atoms with Crippen LogP contribution in [0.25, 0.3) is 0 Å². The van der Waals surface area contributed by atoms with Crippen molar-refractivity contribution in [3.8, 4) is 0 Å². The molecule has 0 aromatic carbocycles. The highest BCUT2D eigenvalue weighted by Crippen LogP contribution is 2.31. The SMILES string of the molecule is CC(C)OC1C[C@H](CO)[C@H](O)[C@H](O)[C@H]1NS(=O)(=O)C(F)(F)F. The Kier molecular flexibility index (Phi) is 6.21. The van der Waals surface area contributed by atoms with E-state index in [4.69, 9.17) is 9.84 Å². The van der Waals surface area contributed by atoms with Crippen LogP contribution in [-0.2, 0) is 14.8 Å². The van der Waals surface area contributed by atoms with Gasteiger partial charge >= 0.3 is 15.5 Å². The van der Waals surface area contributed by atoms with E-state index >= 15 is 0 Å². The van der Waals surface area contributed by atoms with E-state index in [1.54, 1.807) is 13.8 Å². The molecule has 5 atom stereocenters. The van der Waals surface area contributed by atoms with Crippen LogP contribution < -0.4 is 4.72 Å². The van der Waals surface area contributed by atoms with E-state index in [2.05, 4.69) is 0 Å². The molecule has 0 radical (unpaired) electrons. The Labute approximate surface area is 126 Å². The summed E-state index contributed by atoms with van der Waals surface area (Å²) in [7, 11) is -5.71. The van der Waals surface area contributed by atoms with Crippen LogP contribution >= 0.6 is 0 Å². The Morgan fingerprint density at radius 2 is 1.82 bits per heavy atom. The molecule has 1 unspecified atom stereocenters. The lowest BCUT2D eigenvalue weighted by atomic mass is 9.80. The smallest absolute Gasteiger partial charge is 0.396 e. The van der Waals surface area contributed by atoms with Crippen LogP contribution in [0, 0.1) is 5.92 Å². The first kappa shape index (κ1) is 19.6. The molecule has 0 heterocycles. The summed E-state index contributed by atoms with van der Waals surface area (Å²) in [6, 6.07) is -1.67. The maximum absolute atomic E-state index is 12.5. The van der Waals surface area contributed by atoms with Gasteiger partial charge in [-0.05, 0) is 20.3 Å². The summed E-state index contributed by atoms with van der Waals surface area (Å²) in [5, 5.41) is 28.8. The molecule has 0 bridgehead atoms. The molecule has 0 saturated heterocycles. The minimum Gasteiger partial charge on any atom is -0.396 e. The number of halogens is 3. The molecule has 1 rings (SSSR count). The van der Waals surface area contributed by atoms with Crippen LogP contribution in [0.5, 0.6) is 0 Å². The van der Waals surface area contributed by atoms with Gasteiger partial charge in [0.25, 0.3) is 0 Å². The molecule has 0 aromatic heterocycles. The number of hydrogen-bond acceptors (Lipinski definition) is 6. The predicted molar refractivity (Wildman–Crippen MR) is 69.1 cm³/mol. The summed E-state index contributed by atoms with van der Waals surface area (Å²) >= 11 is 0. The number of rotatable bonds is 5. The Bertz CT molecular complexity index is 469. The number of nitrogens with one attached hydrogen (secondary N) is 1. The second-order valence-electron chi connectivity index (χ2n) is 5.48. The van der Waals surface area contributed by atoms with Crippen LogP contribution in [0.2, 0.25) is 0 Å². The van der Waals surface area contributed by atoms with E-state index in [0.717, 1.165) is 0 Å². The molecule has 0 aromatic rings. The van der Waals surface area contributed by atoms with Crippen molar-refractivity contribution >= 4 is 10.0 Å². The van der Waals surface area contributed by atoms with Crippen LogP contribution in [0.1, 0.15) is 20.3 Å². The van der Waals surface area contributed by atoms with E-state index < -0.39 is 58.5 Å². The van der Waals surface area contributed by atoms with E-state index in [1.165, 1.54) is 4.72 Å². The highest BCUT2D eigenvalue weighted by atomic mass is 32.2. The monoisotopic (exact) mass is 351 g/mol. The van der Waals surface area contributed by atoms with Gasteiger partial charge in [-0.3, -0.25) is 0 Å². The first-order valence-corrected chi connectivity index (χ1v) is 8.10. The number of ether oxygens (including phenoxy) is 1. The van der Waals surface area contributed by atoms with Crippen molar-refractivity contribution in [3.05, 3.63) is 0 Å². The summed E-state index contributed by atoms with van der Waals surface area (Å²) in [6.07, 6.45) is -5.08. The molecule has 1 fully saturated rings. The quantitative estimate of drug-likeness (QED) is 0.522. The van der Waals surface area contributed by atoms with Gasteiger partial charge in [-0.1, -0.05) is 0 Å². The second-order valence-corrected chi connectivity index (χ2v) is 7.18. The van der Waals surface area contributed by atoms with Crippen LogP contribution in [0.15, 0.2) is 0 Å². The summed E-state index contributed by atoms with van der Waals surface area (Å²) in [5.41, 5.74) is -5.55. The zero-order valence-corrected chi connectivity index (χ0v) is 12.8. The number of aliphatic hydroxyl groups excluding tert-OH is 3. The lowest BCUT2D eigenvalue weighted by Gasteiger charge is -2.42. The number of hydrogen-bond donors (Lipinski definition) is 4. The molecule has 0 aliphatic heterocycles. The van der Waals surface area contributed by atoms with Gasteiger partial charge in [-0.2, -0.15) is 17.9 Å². The van der Waals surface area contributed by atoms with Crippen molar-refractivity contribution in [3.63, 3.8) is 0 Å². The molecule has 0 amide bonds. The zero-order valence-electron chi connectivity index (χ0n) is 12.0. The largest absolute Gasteiger partial charge is 0.511 e. The van der Waals surface area contributed by atoms with Gasteiger partial charge < -0.3 is 20.1 Å². The Morgan fingerprint density at radius 3 is 2.23 bits per heavy atom. The summed E-state index contributed by atoms with van der Waals surface area (Å²) in [5.74, 6) is -0.828. The third-order valence-electron chi connectivity index (χ3n) is 3.41. The van der Waals surface area contributed by atoms with Gasteiger partial charge in [-0.25, -0.2) is 8.42 Å². The maximum Gasteiger partial charge on any atom is 0.511 e. The normalized spacial score (nSPS) is 34.1. The summed E-state index contributed by atoms with van der Waals surface area (Å²) < 4.78 is 66.5. The Balaban J connectivity index is 3.05. The number of sulfonamides is 1. The van der Waals surface area contributed by atoms with Crippen LogP contribution in [0.3, 0.4) is 0 Å². The molecule has 1 saturated carbocycles. The van der Waals surface area contributed by atoms with E-state index in [9.17, 15) is 31.8 Å². The fraction of sp³-hybridized carbons (Fsp3) is 1.00. The Hall–Kier alpha value is -0.460. The first-order valence-electron chi connectivity index (χ1n) is 6.61. The summed E-state index contributed by atoms with van der Waals surface area (Å²) in [6.45, 7) is 2.65. The Morgan fingerprint density at radius 1 is 1.27 bits per heavy atom. The average molecular weight is 351 g/mol. The minimum atomic E-state index is -5.71. The molecule has 0 spiro atoms. The third-order valence-corrected chi connectivity index (χ3v) is 4.61. The van der Waals surface area contributed by atoms with Crippen molar-refractivity contribution in [2.45, 2.75) is 56.2 Å². The highest BCUT2D eigenvalue weighted by molar-refractivity contribution is 7.90. The van der Waals surface area contributed by atoms with Gasteiger partial charge in [-0.15, -0.1) is 0 Å². The van der Waals surface area contributed by atoms with Crippen LogP contribution in [-0.4, -0.2) is 66.3 Å². The highest BCUT2D eigenvalue weighted by Gasteiger charge is 2.52. The minimum absolute atomic E-state index is 0.0993. The molecular weight excluding hydrogens is 331 g/mol. The van der Waals surface area contributed by atoms with Gasteiger partial charge in [0, 0.05) is 12.5 Å². The van der Waals surface area contributed by atoms with Crippen molar-refractivity contribution in [1.29, 1.82) is 0 Å². The van der Waals surface area contributed by atoms with Crippen molar-refractivity contribution in [2.24, 2.45) is 5.92 Å². The molecule has 1 aliphatic rings. The number of aliphatic hydroxyl groups is 3. The standard InChI is InChI=1S/C11H20F3NO6S/c1-5(2)21-7-3-6(4-16)9(17)10(18)8(7)15-22(19,20)11(12,13)14/h5-10,15-18H,3-4H2,1-2H3/t6-,7?,8+,9+,10-/m1/s1. The van der Waals surface area contributed by atoms with Gasteiger partial charge in [0.05, 0.1) is 30.5 Å². The lowest BCUT2D eigenvalue weighted by molar-refractivity contribution is -0.138. The first-order chi connectivity index (χ1) is 9.90. The molecular formula is C11H20F3NO6S. The fourth-order valence-corrected chi connectivity index (χ4v) is 3.14. The molecule has 22 heavy (non-hydrogen) atoms. The fourth-order valence-electron chi connectivity index (χ4n) is 2.36. The number of alkyl halides is 3. The van der Waals surface area contributed by atoms with Crippen molar-refractivity contribution < 1.29 is 41.6 Å². The zero-order chi connectivity index (χ0) is 17.3. The van der Waals surface area contributed by atoms with Crippen molar-refractivity contribution in [2.75, 3.05) is 6.61 Å². The summed E-state index contributed by atoms with van der Waals surface area (Å²) in [4.78, 5) is 0. The van der Waals surface area contributed by atoms with Gasteiger partial charge in [0.2, 0.25) is 0 Å². The molecule has 11 heteroatoms. The lowest BCUT2D eigenvalue weighted by Crippen LogP contribution is -2.63. The second kappa shape index (κ2) is 6.97.